The van der Waals surface area contributed by atoms with E-state index in [2.05, 4.69) is 15.0 Å². The van der Waals surface area contributed by atoms with Gasteiger partial charge in [0.15, 0.2) is 11.5 Å². The minimum atomic E-state index is -1.77. The fourth-order valence-electron chi connectivity index (χ4n) is 3.16. The summed E-state index contributed by atoms with van der Waals surface area (Å²) in [4.78, 5) is 37.7. The molecule has 0 spiro atoms. The topological polar surface area (TPSA) is 147 Å². The van der Waals surface area contributed by atoms with Crippen molar-refractivity contribution in [1.82, 2.24) is 24.4 Å². The predicted molar refractivity (Wildman–Crippen MR) is 96.3 cm³/mol. The Morgan fingerprint density at radius 1 is 1.26 bits per heavy atom. The maximum Gasteiger partial charge on any atom is 0.489 e. The van der Waals surface area contributed by atoms with E-state index in [0.717, 1.165) is 0 Å². The third-order valence-electron chi connectivity index (χ3n) is 4.67. The first-order valence-electron chi connectivity index (χ1n) is 8.17. The fraction of sp³-hybridized carbons (Fsp3) is 0.188. The molecule has 3 aromatic rings. The van der Waals surface area contributed by atoms with Gasteiger partial charge in [-0.3, -0.25) is 9.59 Å². The zero-order chi connectivity index (χ0) is 19.1. The summed E-state index contributed by atoms with van der Waals surface area (Å²) in [6.45, 7) is 0.907. The molecule has 1 fully saturated rings. The molecule has 1 amide bonds. The van der Waals surface area contributed by atoms with E-state index in [9.17, 15) is 19.6 Å². The van der Waals surface area contributed by atoms with Gasteiger partial charge in [0.1, 0.15) is 18.1 Å². The average Bonchev–Trinajstić information content (AvgIpc) is 3.05. The highest BCUT2D eigenvalue weighted by Gasteiger charge is 2.34. The average molecular weight is 366 g/mol. The van der Waals surface area contributed by atoms with Crippen molar-refractivity contribution in [3.63, 3.8) is 0 Å². The van der Waals surface area contributed by atoms with Gasteiger partial charge in [0, 0.05) is 24.2 Å². The molecule has 0 radical (unpaired) electrons. The van der Waals surface area contributed by atoms with Crippen LogP contribution in [-0.4, -0.2) is 66.9 Å². The van der Waals surface area contributed by atoms with E-state index in [1.807, 2.05) is 4.57 Å². The summed E-state index contributed by atoms with van der Waals surface area (Å²) in [5, 5.41) is 18.5. The van der Waals surface area contributed by atoms with Crippen LogP contribution in [0, 0.1) is 0 Å². The lowest BCUT2D eigenvalue weighted by molar-refractivity contribution is 0.0525. The molecule has 0 unspecified atom stereocenters. The van der Waals surface area contributed by atoms with Crippen LogP contribution in [0.3, 0.4) is 0 Å². The van der Waals surface area contributed by atoms with Gasteiger partial charge >= 0.3 is 7.12 Å². The summed E-state index contributed by atoms with van der Waals surface area (Å²) >= 11 is 0. The standard InChI is InChI=1S/C16H15BN6O4/c18-14-13-15(20-7-19-14)23(8-21-13)11-4-22(5-11)16(25)9-1-2-12(17(26)27)10(3-9)6-24/h1-3,6-8,11,26-27H,4-5H2,(H2,18,19,20). The minimum absolute atomic E-state index is 0.0114. The van der Waals surface area contributed by atoms with Gasteiger partial charge in [-0.05, 0) is 17.6 Å². The Bertz CT molecular complexity index is 1050. The van der Waals surface area contributed by atoms with Crippen LogP contribution in [0.2, 0.25) is 0 Å². The summed E-state index contributed by atoms with van der Waals surface area (Å²) in [6.07, 6.45) is 3.49. The van der Waals surface area contributed by atoms with Gasteiger partial charge < -0.3 is 25.2 Å². The molecule has 4 rings (SSSR count). The van der Waals surface area contributed by atoms with E-state index < -0.39 is 7.12 Å². The third-order valence-corrected chi connectivity index (χ3v) is 4.67. The molecule has 0 bridgehead atoms. The molecule has 27 heavy (non-hydrogen) atoms. The van der Waals surface area contributed by atoms with E-state index >= 15 is 0 Å². The number of aromatic nitrogens is 4. The largest absolute Gasteiger partial charge is 0.489 e. The first-order chi connectivity index (χ1) is 13.0. The molecule has 3 heterocycles. The molecule has 11 heteroatoms. The summed E-state index contributed by atoms with van der Waals surface area (Å²) in [7, 11) is -1.77. The normalized spacial score (nSPS) is 14.2. The smallest absolute Gasteiger partial charge is 0.423 e. The van der Waals surface area contributed by atoms with Crippen LogP contribution in [0.25, 0.3) is 11.2 Å². The summed E-state index contributed by atoms with van der Waals surface area (Å²) in [5.41, 5.74) is 7.36. The Kier molecular flexibility index (Phi) is 4.09. The molecule has 2 aromatic heterocycles. The number of carbonyl (C=O) groups is 2. The lowest BCUT2D eigenvalue weighted by Gasteiger charge is -2.40. The van der Waals surface area contributed by atoms with Crippen molar-refractivity contribution in [1.29, 1.82) is 0 Å². The molecule has 0 saturated carbocycles. The predicted octanol–water partition coefficient (Wildman–Crippen LogP) is -1.40. The number of fused-ring (bicyclic) bond motifs is 1. The molecule has 10 nitrogen and oxygen atoms in total. The summed E-state index contributed by atoms with van der Waals surface area (Å²) in [6, 6.07) is 4.20. The SMILES string of the molecule is Nc1ncnc2c1ncn2C1CN(C(=O)c2ccc(B(O)O)c(C=O)c2)C1. The zero-order valence-electron chi connectivity index (χ0n) is 14.1. The molecule has 0 atom stereocenters. The number of anilines is 1. The van der Waals surface area contributed by atoms with E-state index in [-0.39, 0.29) is 23.0 Å². The van der Waals surface area contributed by atoms with Crippen LogP contribution in [0.1, 0.15) is 26.8 Å². The number of imidazole rings is 1. The first kappa shape index (κ1) is 17.1. The molecule has 1 aliphatic heterocycles. The number of nitrogens with zero attached hydrogens (tertiary/aromatic N) is 5. The number of nitrogen functional groups attached to an aromatic ring is 1. The first-order valence-corrected chi connectivity index (χ1v) is 8.17. The number of aldehydes is 1. The van der Waals surface area contributed by atoms with Gasteiger partial charge in [-0.1, -0.05) is 6.07 Å². The van der Waals surface area contributed by atoms with Crippen molar-refractivity contribution >= 4 is 41.8 Å². The lowest BCUT2D eigenvalue weighted by atomic mass is 9.76. The van der Waals surface area contributed by atoms with Crippen molar-refractivity contribution in [3.8, 4) is 0 Å². The van der Waals surface area contributed by atoms with Crippen LogP contribution in [0.5, 0.6) is 0 Å². The van der Waals surface area contributed by atoms with Gasteiger partial charge in [0.25, 0.3) is 5.91 Å². The summed E-state index contributed by atoms with van der Waals surface area (Å²) < 4.78 is 1.86. The van der Waals surface area contributed by atoms with Gasteiger partial charge in [-0.15, -0.1) is 0 Å². The maximum absolute atomic E-state index is 12.6. The highest BCUT2D eigenvalue weighted by molar-refractivity contribution is 6.60. The number of hydrogen-bond donors (Lipinski definition) is 3. The lowest BCUT2D eigenvalue weighted by Crippen LogP contribution is -2.50. The Morgan fingerprint density at radius 2 is 2.04 bits per heavy atom. The molecule has 136 valence electrons. The van der Waals surface area contributed by atoms with E-state index in [4.69, 9.17) is 5.73 Å². The van der Waals surface area contributed by atoms with Crippen LogP contribution >= 0.6 is 0 Å². The number of nitrogens with two attached hydrogens (primary N) is 1. The van der Waals surface area contributed by atoms with Crippen LogP contribution in [0.15, 0.2) is 30.9 Å². The van der Waals surface area contributed by atoms with E-state index in [1.54, 1.807) is 11.2 Å². The van der Waals surface area contributed by atoms with Gasteiger partial charge in [-0.25, -0.2) is 15.0 Å². The number of amides is 1. The fourth-order valence-corrected chi connectivity index (χ4v) is 3.16. The number of rotatable bonds is 4. The van der Waals surface area contributed by atoms with Crippen molar-refractivity contribution in [2.24, 2.45) is 0 Å². The summed E-state index contributed by atoms with van der Waals surface area (Å²) in [5.74, 6) is 0.0606. The quantitative estimate of drug-likeness (QED) is 0.377. The maximum atomic E-state index is 12.6. The molecule has 1 saturated heterocycles. The molecule has 4 N–H and O–H groups in total. The molecule has 1 aliphatic rings. The van der Waals surface area contributed by atoms with Crippen LogP contribution < -0.4 is 11.2 Å². The molecule has 0 aliphatic carbocycles. The van der Waals surface area contributed by atoms with Crippen molar-refractivity contribution in [2.75, 3.05) is 18.8 Å². The van der Waals surface area contributed by atoms with Crippen LogP contribution in [0.4, 0.5) is 5.82 Å². The second-order valence-electron chi connectivity index (χ2n) is 6.28. The number of hydrogen-bond acceptors (Lipinski definition) is 8. The number of carbonyl (C=O) groups excluding carboxylic acids is 2. The third kappa shape index (κ3) is 2.82. The number of benzene rings is 1. The Balaban J connectivity index is 1.51. The Hall–Kier alpha value is -3.31. The second kappa shape index (κ2) is 6.45. The Morgan fingerprint density at radius 3 is 2.74 bits per heavy atom. The van der Waals surface area contributed by atoms with Crippen molar-refractivity contribution in [2.45, 2.75) is 6.04 Å². The van der Waals surface area contributed by atoms with Gasteiger partial charge in [-0.2, -0.15) is 0 Å². The van der Waals surface area contributed by atoms with Crippen molar-refractivity contribution in [3.05, 3.63) is 42.0 Å². The van der Waals surface area contributed by atoms with Gasteiger partial charge in [0.05, 0.1) is 12.4 Å². The second-order valence-corrected chi connectivity index (χ2v) is 6.28. The molecule has 1 aromatic carbocycles. The zero-order valence-corrected chi connectivity index (χ0v) is 14.1. The highest BCUT2D eigenvalue weighted by Crippen LogP contribution is 2.27. The number of likely N-dealkylation sites (tertiary alicyclic amines) is 1. The highest BCUT2D eigenvalue weighted by atomic mass is 16.4. The van der Waals surface area contributed by atoms with Gasteiger partial charge in [0.2, 0.25) is 0 Å². The van der Waals surface area contributed by atoms with Crippen molar-refractivity contribution < 1.29 is 19.6 Å². The van der Waals surface area contributed by atoms with Crippen LogP contribution in [-0.2, 0) is 0 Å². The molecular weight excluding hydrogens is 351 g/mol. The minimum Gasteiger partial charge on any atom is -0.423 e. The molecular formula is C16H15BN6O4. The van der Waals surface area contributed by atoms with E-state index in [1.165, 1.54) is 24.5 Å². The monoisotopic (exact) mass is 366 g/mol. The Labute approximate surface area is 153 Å². The van der Waals surface area contributed by atoms with E-state index in [0.29, 0.717) is 41.9 Å².